The zero-order valence-electron chi connectivity index (χ0n) is 15.0. The lowest BCUT2D eigenvalue weighted by molar-refractivity contribution is -0.124. The highest BCUT2D eigenvalue weighted by molar-refractivity contribution is 7.89. The lowest BCUT2D eigenvalue weighted by Gasteiger charge is -2.24. The molecule has 0 radical (unpaired) electrons. The molecule has 6 nitrogen and oxygen atoms in total. The fraction of sp³-hybridized carbons (Fsp3) is 0.611. The quantitative estimate of drug-likeness (QED) is 0.838. The first-order chi connectivity index (χ1) is 11.8. The molecule has 2 aliphatic rings. The predicted octanol–water partition coefficient (Wildman–Crippen LogP) is 2.21. The number of carbonyl (C=O) groups is 1. The van der Waals surface area contributed by atoms with Gasteiger partial charge in [-0.25, -0.2) is 8.42 Å². The zero-order valence-corrected chi connectivity index (χ0v) is 15.8. The molecular formula is C18H26N2O4S. The number of nitrogens with zero attached hydrogens (tertiary/aromatic N) is 1. The van der Waals surface area contributed by atoms with Crippen LogP contribution in [0.3, 0.4) is 0 Å². The Hall–Kier alpha value is -1.60. The minimum Gasteiger partial charge on any atom is -0.491 e. The third kappa shape index (κ3) is 3.98. The average molecular weight is 366 g/mol. The Kier molecular flexibility index (Phi) is 5.06. The maximum Gasteiger partial charge on any atom is 0.243 e. The Labute approximate surface area is 149 Å². The third-order valence-corrected chi connectivity index (χ3v) is 6.45. The molecule has 1 unspecified atom stereocenters. The van der Waals surface area contributed by atoms with Crippen LogP contribution < -0.4 is 10.1 Å². The van der Waals surface area contributed by atoms with Gasteiger partial charge >= 0.3 is 0 Å². The first-order valence-electron chi connectivity index (χ1n) is 8.88. The van der Waals surface area contributed by atoms with E-state index in [4.69, 9.17) is 4.74 Å². The van der Waals surface area contributed by atoms with Crippen molar-refractivity contribution in [1.29, 1.82) is 0 Å². The summed E-state index contributed by atoms with van der Waals surface area (Å²) in [4.78, 5) is 12.6. The number of hydrogen-bond donors (Lipinski definition) is 1. The Balaban J connectivity index is 1.82. The molecule has 1 saturated carbocycles. The van der Waals surface area contributed by atoms with Crippen molar-refractivity contribution in [2.45, 2.75) is 69.5 Å². The molecule has 1 aromatic carbocycles. The highest BCUT2D eigenvalue weighted by atomic mass is 32.2. The van der Waals surface area contributed by atoms with E-state index in [1.54, 1.807) is 18.2 Å². The van der Waals surface area contributed by atoms with Crippen molar-refractivity contribution in [3.05, 3.63) is 23.8 Å². The van der Waals surface area contributed by atoms with E-state index in [9.17, 15) is 13.2 Å². The summed E-state index contributed by atoms with van der Waals surface area (Å²) in [6.07, 6.45) is 3.28. The van der Waals surface area contributed by atoms with Gasteiger partial charge in [-0.3, -0.25) is 4.79 Å². The van der Waals surface area contributed by atoms with Crippen molar-refractivity contribution >= 4 is 15.9 Å². The van der Waals surface area contributed by atoms with Gasteiger partial charge in [-0.2, -0.15) is 4.31 Å². The number of nitrogens with one attached hydrogen (secondary N) is 1. The van der Waals surface area contributed by atoms with Crippen LogP contribution in [0.15, 0.2) is 23.1 Å². The summed E-state index contributed by atoms with van der Waals surface area (Å²) in [7, 11) is -3.70. The van der Waals surface area contributed by atoms with Crippen molar-refractivity contribution in [2.75, 3.05) is 6.54 Å². The van der Waals surface area contributed by atoms with E-state index in [2.05, 4.69) is 5.32 Å². The fourth-order valence-electron chi connectivity index (χ4n) is 3.12. The van der Waals surface area contributed by atoms with Crippen molar-refractivity contribution in [3.63, 3.8) is 0 Å². The Morgan fingerprint density at radius 2 is 2.00 bits per heavy atom. The number of hydrogen-bond acceptors (Lipinski definition) is 4. The molecule has 3 rings (SSSR count). The normalized spacial score (nSPS) is 21.5. The lowest BCUT2D eigenvalue weighted by Crippen LogP contribution is -2.46. The molecule has 138 valence electrons. The summed E-state index contributed by atoms with van der Waals surface area (Å²) in [5.74, 6) is 0.512. The smallest absolute Gasteiger partial charge is 0.243 e. The van der Waals surface area contributed by atoms with Crippen LogP contribution >= 0.6 is 0 Å². The zero-order chi connectivity index (χ0) is 18.2. The van der Waals surface area contributed by atoms with E-state index in [0.717, 1.165) is 18.4 Å². The highest BCUT2D eigenvalue weighted by Crippen LogP contribution is 2.30. The molecule has 7 heteroatoms. The van der Waals surface area contributed by atoms with Crippen molar-refractivity contribution in [1.82, 2.24) is 9.62 Å². The number of rotatable bonds is 6. The first kappa shape index (κ1) is 18.2. The molecule has 1 atom stereocenters. The van der Waals surface area contributed by atoms with E-state index in [0.29, 0.717) is 25.1 Å². The van der Waals surface area contributed by atoms with Gasteiger partial charge < -0.3 is 10.1 Å². The van der Waals surface area contributed by atoms with Gasteiger partial charge in [0.25, 0.3) is 0 Å². The van der Waals surface area contributed by atoms with Gasteiger partial charge in [0.1, 0.15) is 11.8 Å². The monoisotopic (exact) mass is 366 g/mol. The van der Waals surface area contributed by atoms with Crippen LogP contribution in [0.25, 0.3) is 0 Å². The SMILES string of the molecule is Cc1cc(S(=O)(=O)N2CCCC2C(=O)NC2CC2)ccc1OC(C)C. The van der Waals surface area contributed by atoms with Crippen LogP contribution in [-0.2, 0) is 14.8 Å². The largest absolute Gasteiger partial charge is 0.491 e. The second-order valence-electron chi connectivity index (χ2n) is 7.15. The highest BCUT2D eigenvalue weighted by Gasteiger charge is 2.40. The Morgan fingerprint density at radius 3 is 2.60 bits per heavy atom. The van der Waals surface area contributed by atoms with E-state index in [1.807, 2.05) is 20.8 Å². The van der Waals surface area contributed by atoms with E-state index in [1.165, 1.54) is 4.31 Å². The molecule has 1 heterocycles. The van der Waals surface area contributed by atoms with Crippen LogP contribution in [-0.4, -0.2) is 43.4 Å². The summed E-state index contributed by atoms with van der Waals surface area (Å²) in [5, 5.41) is 2.93. The van der Waals surface area contributed by atoms with Gasteiger partial charge in [-0.15, -0.1) is 0 Å². The number of carbonyl (C=O) groups excluding carboxylic acids is 1. The average Bonchev–Trinajstić information content (AvgIpc) is 3.20. The van der Waals surface area contributed by atoms with Gasteiger partial charge in [-0.1, -0.05) is 0 Å². The molecule has 1 N–H and O–H groups in total. The van der Waals surface area contributed by atoms with Gasteiger partial charge in [0.05, 0.1) is 11.0 Å². The second-order valence-corrected chi connectivity index (χ2v) is 9.04. The van der Waals surface area contributed by atoms with Crippen LogP contribution in [0.5, 0.6) is 5.75 Å². The molecular weight excluding hydrogens is 340 g/mol. The minimum atomic E-state index is -3.70. The number of ether oxygens (including phenoxy) is 1. The molecule has 2 fully saturated rings. The number of benzene rings is 1. The number of amides is 1. The number of aryl methyl sites for hydroxylation is 1. The predicted molar refractivity (Wildman–Crippen MR) is 95.0 cm³/mol. The summed E-state index contributed by atoms with van der Waals surface area (Å²) in [6.45, 7) is 6.07. The Bertz CT molecular complexity index is 756. The van der Waals surface area contributed by atoms with Crippen LogP contribution in [0.4, 0.5) is 0 Å². The van der Waals surface area contributed by atoms with Crippen LogP contribution in [0, 0.1) is 6.92 Å². The molecule has 25 heavy (non-hydrogen) atoms. The van der Waals surface area contributed by atoms with Crippen molar-refractivity contribution in [2.24, 2.45) is 0 Å². The Morgan fingerprint density at radius 1 is 1.28 bits per heavy atom. The summed E-state index contributed by atoms with van der Waals surface area (Å²) in [5.41, 5.74) is 0.771. The van der Waals surface area contributed by atoms with E-state index >= 15 is 0 Å². The topological polar surface area (TPSA) is 75.7 Å². The minimum absolute atomic E-state index is 0.0234. The van der Waals surface area contributed by atoms with Crippen LogP contribution in [0.2, 0.25) is 0 Å². The molecule has 1 aliphatic heterocycles. The maximum atomic E-state index is 13.0. The molecule has 1 aliphatic carbocycles. The second kappa shape index (κ2) is 6.96. The molecule has 0 bridgehead atoms. The van der Waals surface area contributed by atoms with E-state index in [-0.39, 0.29) is 22.9 Å². The molecule has 0 spiro atoms. The van der Waals surface area contributed by atoms with Gasteiger partial charge in [0, 0.05) is 12.6 Å². The lowest BCUT2D eigenvalue weighted by atomic mass is 10.2. The first-order valence-corrected chi connectivity index (χ1v) is 10.3. The van der Waals surface area contributed by atoms with Gasteiger partial charge in [0.2, 0.25) is 15.9 Å². The van der Waals surface area contributed by atoms with Crippen molar-refractivity contribution in [3.8, 4) is 5.75 Å². The molecule has 1 amide bonds. The molecule has 1 aromatic rings. The van der Waals surface area contributed by atoms with Crippen LogP contribution in [0.1, 0.15) is 45.1 Å². The fourth-order valence-corrected chi connectivity index (χ4v) is 4.86. The third-order valence-electron chi connectivity index (χ3n) is 4.55. The van der Waals surface area contributed by atoms with E-state index < -0.39 is 16.1 Å². The van der Waals surface area contributed by atoms with Crippen molar-refractivity contribution < 1.29 is 17.9 Å². The standard InChI is InChI=1S/C18H26N2O4S/c1-12(2)24-17-9-8-15(11-13(17)3)25(22,23)20-10-4-5-16(20)18(21)19-14-6-7-14/h8-9,11-12,14,16H,4-7,10H2,1-3H3,(H,19,21). The van der Waals surface area contributed by atoms with Gasteiger partial charge in [0.15, 0.2) is 0 Å². The summed E-state index contributed by atoms with van der Waals surface area (Å²) >= 11 is 0. The maximum absolute atomic E-state index is 13.0. The summed E-state index contributed by atoms with van der Waals surface area (Å²) in [6, 6.07) is 4.51. The van der Waals surface area contributed by atoms with Gasteiger partial charge in [-0.05, 0) is 70.2 Å². The molecule has 1 saturated heterocycles. The molecule has 0 aromatic heterocycles. The number of sulfonamides is 1. The summed E-state index contributed by atoms with van der Waals surface area (Å²) < 4.78 is 33.1.